The Morgan fingerprint density at radius 1 is 1.03 bits per heavy atom. The standard InChI is InChI=1S/C24H26FN5O2S/c1-5-10-30-21(13-22(31)26-19-9-7-15(2)17(4)11-19)28-29-24(30)33-14-23(32)27-20-12-18(25)8-6-16(20)3/h5-9,11-12H,1,10,13-14H2,2-4H3,(H,26,31)(H,27,32). The maximum absolute atomic E-state index is 13.4. The van der Waals surface area contributed by atoms with Gasteiger partial charge in [0.15, 0.2) is 5.16 Å². The first-order valence-corrected chi connectivity index (χ1v) is 11.3. The summed E-state index contributed by atoms with van der Waals surface area (Å²) < 4.78 is 15.2. The van der Waals surface area contributed by atoms with Crippen molar-refractivity contribution in [2.24, 2.45) is 0 Å². The summed E-state index contributed by atoms with van der Waals surface area (Å²) in [6, 6.07) is 9.96. The van der Waals surface area contributed by atoms with Gasteiger partial charge in [0.25, 0.3) is 0 Å². The number of benzene rings is 2. The number of aryl methyl sites for hydroxylation is 3. The molecule has 1 aromatic heterocycles. The van der Waals surface area contributed by atoms with Gasteiger partial charge in [0.2, 0.25) is 11.8 Å². The van der Waals surface area contributed by atoms with Crippen LogP contribution in [0.4, 0.5) is 15.8 Å². The molecule has 0 aliphatic rings. The predicted octanol–water partition coefficient (Wildman–Crippen LogP) is 4.44. The number of hydrogen-bond acceptors (Lipinski definition) is 5. The van der Waals surface area contributed by atoms with Crippen molar-refractivity contribution in [2.75, 3.05) is 16.4 Å². The Morgan fingerprint density at radius 2 is 1.79 bits per heavy atom. The van der Waals surface area contributed by atoms with Gasteiger partial charge >= 0.3 is 0 Å². The minimum atomic E-state index is -0.419. The van der Waals surface area contributed by atoms with E-state index >= 15 is 0 Å². The summed E-state index contributed by atoms with van der Waals surface area (Å²) in [5.41, 5.74) is 4.15. The average molecular weight is 468 g/mol. The van der Waals surface area contributed by atoms with Crippen LogP contribution in [0.3, 0.4) is 0 Å². The Bertz CT molecular complexity index is 1190. The molecule has 7 nitrogen and oxygen atoms in total. The van der Waals surface area contributed by atoms with Crippen molar-refractivity contribution < 1.29 is 14.0 Å². The van der Waals surface area contributed by atoms with Crippen LogP contribution < -0.4 is 10.6 Å². The first-order valence-electron chi connectivity index (χ1n) is 10.4. The van der Waals surface area contributed by atoms with Gasteiger partial charge in [0.1, 0.15) is 11.6 Å². The molecule has 9 heteroatoms. The largest absolute Gasteiger partial charge is 0.326 e. The van der Waals surface area contributed by atoms with E-state index in [1.165, 1.54) is 23.9 Å². The second kappa shape index (κ2) is 10.9. The Kier molecular flexibility index (Phi) is 8.00. The Hall–Kier alpha value is -3.46. The van der Waals surface area contributed by atoms with Crippen molar-refractivity contribution in [3.05, 3.63) is 77.4 Å². The minimum absolute atomic E-state index is 0.0308. The van der Waals surface area contributed by atoms with Crippen LogP contribution in [-0.2, 0) is 22.6 Å². The maximum Gasteiger partial charge on any atom is 0.234 e. The smallest absolute Gasteiger partial charge is 0.234 e. The van der Waals surface area contributed by atoms with E-state index in [1.807, 2.05) is 32.0 Å². The van der Waals surface area contributed by atoms with Gasteiger partial charge in [0, 0.05) is 17.9 Å². The van der Waals surface area contributed by atoms with Gasteiger partial charge in [-0.2, -0.15) is 0 Å². The van der Waals surface area contributed by atoms with Crippen LogP contribution >= 0.6 is 11.8 Å². The summed E-state index contributed by atoms with van der Waals surface area (Å²) in [7, 11) is 0. The van der Waals surface area contributed by atoms with Gasteiger partial charge in [-0.05, 0) is 61.7 Å². The van der Waals surface area contributed by atoms with E-state index in [1.54, 1.807) is 23.6 Å². The normalized spacial score (nSPS) is 10.7. The molecule has 2 amide bonds. The van der Waals surface area contributed by atoms with Crippen molar-refractivity contribution in [3.8, 4) is 0 Å². The number of thioether (sulfide) groups is 1. The lowest BCUT2D eigenvalue weighted by molar-refractivity contribution is -0.116. The molecule has 33 heavy (non-hydrogen) atoms. The molecular weight excluding hydrogens is 441 g/mol. The lowest BCUT2D eigenvalue weighted by Crippen LogP contribution is -2.18. The molecule has 0 saturated carbocycles. The topological polar surface area (TPSA) is 88.9 Å². The maximum atomic E-state index is 13.4. The molecule has 0 saturated heterocycles. The van der Waals surface area contributed by atoms with E-state index in [0.29, 0.717) is 23.2 Å². The van der Waals surface area contributed by atoms with E-state index in [9.17, 15) is 14.0 Å². The lowest BCUT2D eigenvalue weighted by atomic mass is 10.1. The third kappa shape index (κ3) is 6.52. The number of rotatable bonds is 9. The predicted molar refractivity (Wildman–Crippen MR) is 129 cm³/mol. The van der Waals surface area contributed by atoms with Crippen LogP contribution in [0.25, 0.3) is 0 Å². The summed E-state index contributed by atoms with van der Waals surface area (Å²) in [6.07, 6.45) is 1.71. The van der Waals surface area contributed by atoms with E-state index in [0.717, 1.165) is 22.4 Å². The molecule has 0 aliphatic carbocycles. The Morgan fingerprint density at radius 3 is 2.52 bits per heavy atom. The molecule has 0 fully saturated rings. The summed E-state index contributed by atoms with van der Waals surface area (Å²) in [6.45, 7) is 9.93. The first-order chi connectivity index (χ1) is 15.8. The van der Waals surface area contributed by atoms with Crippen LogP contribution in [0.15, 0.2) is 54.2 Å². The van der Waals surface area contributed by atoms with Gasteiger partial charge in [0.05, 0.1) is 12.2 Å². The monoisotopic (exact) mass is 467 g/mol. The summed E-state index contributed by atoms with van der Waals surface area (Å²) in [5, 5.41) is 14.4. The summed E-state index contributed by atoms with van der Waals surface area (Å²) in [4.78, 5) is 24.9. The fraction of sp³-hybridized carbons (Fsp3) is 0.250. The highest BCUT2D eigenvalue weighted by atomic mass is 32.2. The first kappa shape index (κ1) is 24.2. The lowest BCUT2D eigenvalue weighted by Gasteiger charge is -2.10. The number of hydrogen-bond donors (Lipinski definition) is 2. The number of nitrogens with one attached hydrogen (secondary N) is 2. The summed E-state index contributed by atoms with van der Waals surface area (Å²) in [5.74, 6) is -0.402. The molecule has 0 aliphatic heterocycles. The quantitative estimate of drug-likeness (QED) is 0.359. The third-order valence-electron chi connectivity index (χ3n) is 5.02. The number of nitrogens with zero attached hydrogens (tertiary/aromatic N) is 3. The number of anilines is 2. The molecular formula is C24H26FN5O2S. The van der Waals surface area contributed by atoms with E-state index < -0.39 is 5.82 Å². The third-order valence-corrected chi connectivity index (χ3v) is 5.99. The number of amides is 2. The zero-order valence-corrected chi connectivity index (χ0v) is 19.6. The fourth-order valence-corrected chi connectivity index (χ4v) is 3.85. The second-order valence-electron chi connectivity index (χ2n) is 7.62. The van der Waals surface area contributed by atoms with Crippen molar-refractivity contribution in [2.45, 2.75) is 38.9 Å². The number of allylic oxidation sites excluding steroid dienone is 1. The molecule has 2 aromatic carbocycles. The zero-order valence-electron chi connectivity index (χ0n) is 18.8. The fourth-order valence-electron chi connectivity index (χ4n) is 3.08. The summed E-state index contributed by atoms with van der Waals surface area (Å²) >= 11 is 1.18. The van der Waals surface area contributed by atoms with Crippen molar-refractivity contribution >= 4 is 35.0 Å². The molecule has 3 rings (SSSR count). The highest BCUT2D eigenvalue weighted by Gasteiger charge is 2.17. The van der Waals surface area contributed by atoms with Gasteiger partial charge in [-0.1, -0.05) is 30.0 Å². The highest BCUT2D eigenvalue weighted by Crippen LogP contribution is 2.21. The zero-order chi connectivity index (χ0) is 24.0. The van der Waals surface area contributed by atoms with Crippen LogP contribution in [-0.4, -0.2) is 32.3 Å². The molecule has 0 atom stereocenters. The van der Waals surface area contributed by atoms with Crippen molar-refractivity contribution in [1.29, 1.82) is 0 Å². The molecule has 2 N–H and O–H groups in total. The van der Waals surface area contributed by atoms with Gasteiger partial charge in [-0.3, -0.25) is 9.59 Å². The molecule has 0 bridgehead atoms. The molecule has 0 spiro atoms. The van der Waals surface area contributed by atoms with Crippen molar-refractivity contribution in [3.63, 3.8) is 0 Å². The van der Waals surface area contributed by atoms with Gasteiger partial charge < -0.3 is 15.2 Å². The van der Waals surface area contributed by atoms with E-state index in [4.69, 9.17) is 0 Å². The number of halogens is 1. The van der Waals surface area contributed by atoms with Crippen molar-refractivity contribution in [1.82, 2.24) is 14.8 Å². The van der Waals surface area contributed by atoms with Crippen LogP contribution in [0.2, 0.25) is 0 Å². The number of aromatic nitrogens is 3. The average Bonchev–Trinajstić information content (AvgIpc) is 3.13. The molecule has 1 heterocycles. The molecule has 172 valence electrons. The molecule has 0 radical (unpaired) electrons. The van der Waals surface area contributed by atoms with Crippen LogP contribution in [0.5, 0.6) is 0 Å². The van der Waals surface area contributed by atoms with Gasteiger partial charge in [-0.25, -0.2) is 4.39 Å². The SMILES string of the molecule is C=CCn1c(CC(=O)Nc2ccc(C)c(C)c2)nnc1SCC(=O)Nc1cc(F)ccc1C. The van der Waals surface area contributed by atoms with Crippen LogP contribution in [0, 0.1) is 26.6 Å². The Labute approximate surface area is 196 Å². The van der Waals surface area contributed by atoms with E-state index in [-0.39, 0.29) is 24.0 Å². The van der Waals surface area contributed by atoms with Gasteiger partial charge in [-0.15, -0.1) is 16.8 Å². The highest BCUT2D eigenvalue weighted by molar-refractivity contribution is 7.99. The molecule has 0 unspecified atom stereocenters. The number of carbonyl (C=O) groups is 2. The second-order valence-corrected chi connectivity index (χ2v) is 8.56. The van der Waals surface area contributed by atoms with Crippen LogP contribution in [0.1, 0.15) is 22.5 Å². The number of carbonyl (C=O) groups excluding carboxylic acids is 2. The minimum Gasteiger partial charge on any atom is -0.326 e. The molecule has 3 aromatic rings. The van der Waals surface area contributed by atoms with E-state index in [2.05, 4.69) is 27.4 Å². The Balaban J connectivity index is 1.64.